The molecule has 0 unspecified atom stereocenters. The molecule has 0 spiro atoms. The summed E-state index contributed by atoms with van der Waals surface area (Å²) < 4.78 is 3.05. The number of aliphatic hydroxyl groups excluding tert-OH is 1. The van der Waals surface area contributed by atoms with Gasteiger partial charge in [-0.3, -0.25) is 14.3 Å². The Kier molecular flexibility index (Phi) is 4.68. The zero-order chi connectivity index (χ0) is 19.8. The van der Waals surface area contributed by atoms with Crippen LogP contribution < -0.4 is 21.0 Å². The number of nitrogens with zero attached hydrogens (tertiary/aromatic N) is 5. The SMILES string of the molecule is C[C@H](O)Cn1c(N2CCN(c3ccccc3)CC2)nc2c1c(=O)[nH]c(=O)n2C. The fourth-order valence-corrected chi connectivity index (χ4v) is 3.71. The van der Waals surface area contributed by atoms with Crippen molar-refractivity contribution in [2.24, 2.45) is 7.05 Å². The summed E-state index contributed by atoms with van der Waals surface area (Å²) in [4.78, 5) is 35.8. The van der Waals surface area contributed by atoms with Gasteiger partial charge in [0.1, 0.15) is 0 Å². The number of H-pyrrole nitrogens is 1. The number of rotatable bonds is 4. The van der Waals surface area contributed by atoms with Gasteiger partial charge < -0.3 is 19.5 Å². The first-order valence-electron chi connectivity index (χ1n) is 9.38. The van der Waals surface area contributed by atoms with Gasteiger partial charge in [-0.05, 0) is 19.1 Å². The van der Waals surface area contributed by atoms with E-state index in [0.29, 0.717) is 17.1 Å². The molecule has 2 N–H and O–H groups in total. The third-order valence-corrected chi connectivity index (χ3v) is 5.12. The topological polar surface area (TPSA) is 99.4 Å². The summed E-state index contributed by atoms with van der Waals surface area (Å²) in [6.07, 6.45) is -0.654. The first-order valence-corrected chi connectivity index (χ1v) is 9.38. The summed E-state index contributed by atoms with van der Waals surface area (Å²) in [5.74, 6) is 0.607. The Morgan fingerprint density at radius 2 is 1.75 bits per heavy atom. The second-order valence-electron chi connectivity index (χ2n) is 7.17. The largest absolute Gasteiger partial charge is 0.392 e. The van der Waals surface area contributed by atoms with Crippen LogP contribution in [0.3, 0.4) is 0 Å². The van der Waals surface area contributed by atoms with Gasteiger partial charge in [-0.15, -0.1) is 0 Å². The van der Waals surface area contributed by atoms with E-state index in [1.54, 1.807) is 18.5 Å². The second kappa shape index (κ2) is 7.16. The van der Waals surface area contributed by atoms with E-state index in [1.807, 2.05) is 18.2 Å². The van der Waals surface area contributed by atoms with E-state index < -0.39 is 17.4 Å². The van der Waals surface area contributed by atoms with E-state index in [2.05, 4.69) is 31.9 Å². The highest BCUT2D eigenvalue weighted by Crippen LogP contribution is 2.23. The number of aryl methyl sites for hydroxylation is 1. The summed E-state index contributed by atoms with van der Waals surface area (Å²) in [7, 11) is 1.58. The smallest absolute Gasteiger partial charge is 0.329 e. The average molecular weight is 384 g/mol. The van der Waals surface area contributed by atoms with Crippen molar-refractivity contribution in [2.45, 2.75) is 19.6 Å². The Morgan fingerprint density at radius 1 is 1.11 bits per heavy atom. The number of benzene rings is 1. The van der Waals surface area contributed by atoms with Gasteiger partial charge in [0, 0.05) is 38.9 Å². The van der Waals surface area contributed by atoms with Crippen molar-refractivity contribution in [3.8, 4) is 0 Å². The first-order chi connectivity index (χ1) is 13.5. The van der Waals surface area contributed by atoms with Crippen molar-refractivity contribution >= 4 is 22.8 Å². The lowest BCUT2D eigenvalue weighted by molar-refractivity contribution is 0.175. The molecular weight excluding hydrogens is 360 g/mol. The van der Waals surface area contributed by atoms with E-state index >= 15 is 0 Å². The Morgan fingerprint density at radius 3 is 2.39 bits per heavy atom. The molecule has 4 rings (SSSR count). The van der Waals surface area contributed by atoms with Gasteiger partial charge in [0.05, 0.1) is 12.6 Å². The van der Waals surface area contributed by atoms with Crippen LogP contribution in [-0.4, -0.2) is 56.5 Å². The van der Waals surface area contributed by atoms with Crippen molar-refractivity contribution in [3.05, 3.63) is 51.2 Å². The van der Waals surface area contributed by atoms with Crippen LogP contribution in [0.15, 0.2) is 39.9 Å². The number of aliphatic hydroxyl groups is 1. The lowest BCUT2D eigenvalue weighted by Crippen LogP contribution is -2.47. The molecule has 1 saturated heterocycles. The number of hydrogen-bond acceptors (Lipinski definition) is 6. The van der Waals surface area contributed by atoms with Gasteiger partial charge in [-0.25, -0.2) is 4.79 Å². The molecule has 3 aromatic rings. The molecular formula is C19H24N6O3. The highest BCUT2D eigenvalue weighted by Gasteiger charge is 2.25. The summed E-state index contributed by atoms with van der Waals surface area (Å²) in [6.45, 7) is 4.98. The number of aromatic nitrogens is 4. The minimum absolute atomic E-state index is 0.228. The highest BCUT2D eigenvalue weighted by molar-refractivity contribution is 5.74. The molecule has 9 heteroatoms. The van der Waals surface area contributed by atoms with Gasteiger partial charge in [0.2, 0.25) is 5.95 Å². The van der Waals surface area contributed by atoms with E-state index in [1.165, 1.54) is 10.3 Å². The molecule has 1 aliphatic heterocycles. The number of aromatic amines is 1. The molecule has 0 radical (unpaired) electrons. The van der Waals surface area contributed by atoms with Crippen molar-refractivity contribution in [2.75, 3.05) is 36.0 Å². The van der Waals surface area contributed by atoms with Gasteiger partial charge in [0.15, 0.2) is 11.2 Å². The molecule has 2 aromatic heterocycles. The van der Waals surface area contributed by atoms with Crippen molar-refractivity contribution in [1.29, 1.82) is 0 Å². The van der Waals surface area contributed by atoms with Gasteiger partial charge >= 0.3 is 5.69 Å². The molecule has 1 aliphatic rings. The van der Waals surface area contributed by atoms with Crippen LogP contribution in [0.5, 0.6) is 0 Å². The predicted molar refractivity (Wildman–Crippen MR) is 108 cm³/mol. The first kappa shape index (κ1) is 18.3. The van der Waals surface area contributed by atoms with Crippen LogP contribution >= 0.6 is 0 Å². The van der Waals surface area contributed by atoms with Crippen LogP contribution in [0, 0.1) is 0 Å². The molecule has 28 heavy (non-hydrogen) atoms. The van der Waals surface area contributed by atoms with Crippen molar-refractivity contribution in [1.82, 2.24) is 19.1 Å². The molecule has 0 saturated carbocycles. The van der Waals surface area contributed by atoms with Crippen LogP contribution in [0.1, 0.15) is 6.92 Å². The Hall–Kier alpha value is -3.07. The Balaban J connectivity index is 1.71. The number of fused-ring (bicyclic) bond motifs is 1. The minimum Gasteiger partial charge on any atom is -0.392 e. The fraction of sp³-hybridized carbons (Fsp3) is 0.421. The van der Waals surface area contributed by atoms with Crippen molar-refractivity contribution in [3.63, 3.8) is 0 Å². The number of nitrogens with one attached hydrogen (secondary N) is 1. The van der Waals surface area contributed by atoms with E-state index in [4.69, 9.17) is 0 Å². The molecule has 1 fully saturated rings. The number of piperazine rings is 1. The highest BCUT2D eigenvalue weighted by atomic mass is 16.3. The lowest BCUT2D eigenvalue weighted by atomic mass is 10.2. The van der Waals surface area contributed by atoms with Gasteiger partial charge in [0.25, 0.3) is 5.56 Å². The number of para-hydroxylation sites is 1. The zero-order valence-corrected chi connectivity index (χ0v) is 16.0. The Bertz CT molecular complexity index is 1090. The summed E-state index contributed by atoms with van der Waals surface area (Å²) in [5, 5.41) is 9.96. The standard InChI is InChI=1S/C19H24N6O3/c1-13(26)12-25-15-16(22(2)19(28)21-17(15)27)20-18(25)24-10-8-23(9-11-24)14-6-4-3-5-7-14/h3-7,13,26H,8-12H2,1-2H3,(H,21,27,28)/t13-/m0/s1. The number of imidazole rings is 1. The zero-order valence-electron chi connectivity index (χ0n) is 16.0. The second-order valence-corrected chi connectivity index (χ2v) is 7.17. The molecule has 3 heterocycles. The number of hydrogen-bond donors (Lipinski definition) is 2. The van der Waals surface area contributed by atoms with Gasteiger partial charge in [-0.2, -0.15) is 4.98 Å². The molecule has 1 atom stereocenters. The molecule has 0 amide bonds. The van der Waals surface area contributed by atoms with Crippen LogP contribution in [0.25, 0.3) is 11.2 Å². The van der Waals surface area contributed by atoms with Crippen LogP contribution in [0.2, 0.25) is 0 Å². The summed E-state index contributed by atoms with van der Waals surface area (Å²) in [5.41, 5.74) is 0.830. The molecule has 0 aliphatic carbocycles. The van der Waals surface area contributed by atoms with E-state index in [0.717, 1.165) is 26.2 Å². The Labute approximate surface area is 161 Å². The average Bonchev–Trinajstić information content (AvgIpc) is 3.06. The quantitative estimate of drug-likeness (QED) is 0.663. The van der Waals surface area contributed by atoms with Crippen LogP contribution in [-0.2, 0) is 13.6 Å². The van der Waals surface area contributed by atoms with E-state index in [-0.39, 0.29) is 6.54 Å². The van der Waals surface area contributed by atoms with Gasteiger partial charge in [-0.1, -0.05) is 18.2 Å². The molecule has 9 nitrogen and oxygen atoms in total. The maximum atomic E-state index is 12.4. The third kappa shape index (κ3) is 3.18. The summed E-state index contributed by atoms with van der Waals surface area (Å²) >= 11 is 0. The fourth-order valence-electron chi connectivity index (χ4n) is 3.71. The predicted octanol–water partition coefficient (Wildman–Crippen LogP) is 0.131. The normalized spacial score (nSPS) is 16.0. The maximum Gasteiger partial charge on any atom is 0.329 e. The number of anilines is 2. The molecule has 148 valence electrons. The maximum absolute atomic E-state index is 12.4. The summed E-state index contributed by atoms with van der Waals surface area (Å²) in [6, 6.07) is 10.2. The van der Waals surface area contributed by atoms with E-state index in [9.17, 15) is 14.7 Å². The minimum atomic E-state index is -0.654. The third-order valence-electron chi connectivity index (χ3n) is 5.12. The monoisotopic (exact) mass is 384 g/mol. The lowest BCUT2D eigenvalue weighted by Gasteiger charge is -2.36. The molecule has 0 bridgehead atoms. The van der Waals surface area contributed by atoms with Crippen molar-refractivity contribution < 1.29 is 5.11 Å². The molecule has 1 aromatic carbocycles. The van der Waals surface area contributed by atoms with Crippen LogP contribution in [0.4, 0.5) is 11.6 Å².